The number of nitrogens with zero attached hydrogens (tertiary/aromatic N) is 3. The Balaban J connectivity index is 0.00000338. The molecular formula is C18H28IN5OS. The zero-order valence-electron chi connectivity index (χ0n) is 16.2. The first-order valence-corrected chi connectivity index (χ1v) is 9.47. The third kappa shape index (κ3) is 6.46. The van der Waals surface area contributed by atoms with Crippen molar-refractivity contribution in [1.82, 2.24) is 20.8 Å². The van der Waals surface area contributed by atoms with Gasteiger partial charge in [0.05, 0.1) is 6.54 Å². The Hall–Kier alpha value is -1.29. The fraction of sp³-hybridized carbons (Fsp3) is 0.500. The maximum absolute atomic E-state index is 5.30. The van der Waals surface area contributed by atoms with Crippen molar-refractivity contribution in [3.63, 3.8) is 0 Å². The number of benzene rings is 1. The number of thioether (sulfide) groups is 1. The van der Waals surface area contributed by atoms with E-state index >= 15 is 0 Å². The van der Waals surface area contributed by atoms with Crippen molar-refractivity contribution >= 4 is 41.7 Å². The van der Waals surface area contributed by atoms with Crippen LogP contribution in [0.3, 0.4) is 0 Å². The molecule has 0 saturated carbocycles. The van der Waals surface area contributed by atoms with Gasteiger partial charge in [-0.2, -0.15) is 4.98 Å². The van der Waals surface area contributed by atoms with Gasteiger partial charge in [0, 0.05) is 23.9 Å². The van der Waals surface area contributed by atoms with Crippen molar-refractivity contribution in [3.05, 3.63) is 41.0 Å². The molecule has 144 valence electrons. The molecule has 1 heterocycles. The van der Waals surface area contributed by atoms with Gasteiger partial charge in [-0.05, 0) is 30.4 Å². The fourth-order valence-electron chi connectivity index (χ4n) is 2.19. The van der Waals surface area contributed by atoms with Gasteiger partial charge in [-0.3, -0.25) is 4.99 Å². The van der Waals surface area contributed by atoms with Crippen LogP contribution in [0, 0.1) is 6.92 Å². The zero-order valence-corrected chi connectivity index (χ0v) is 19.4. The molecule has 0 spiro atoms. The van der Waals surface area contributed by atoms with Gasteiger partial charge in [0.15, 0.2) is 11.8 Å². The van der Waals surface area contributed by atoms with Gasteiger partial charge in [0.25, 0.3) is 0 Å². The maximum Gasteiger partial charge on any atom is 0.232 e. The summed E-state index contributed by atoms with van der Waals surface area (Å²) >= 11 is 1.75. The van der Waals surface area contributed by atoms with Crippen LogP contribution in [-0.4, -0.2) is 29.4 Å². The zero-order chi connectivity index (χ0) is 18.4. The summed E-state index contributed by atoms with van der Waals surface area (Å²) < 4.78 is 5.30. The molecule has 1 aromatic carbocycles. The Bertz CT molecular complexity index is 739. The summed E-state index contributed by atoms with van der Waals surface area (Å²) in [6.45, 7) is 9.40. The molecule has 0 fully saturated rings. The number of rotatable bonds is 5. The van der Waals surface area contributed by atoms with Crippen LogP contribution in [0.15, 0.2) is 32.6 Å². The monoisotopic (exact) mass is 489 g/mol. The molecule has 0 radical (unpaired) electrons. The van der Waals surface area contributed by atoms with Gasteiger partial charge in [0.1, 0.15) is 0 Å². The first kappa shape index (κ1) is 22.8. The van der Waals surface area contributed by atoms with Crippen LogP contribution >= 0.6 is 35.7 Å². The smallest absolute Gasteiger partial charge is 0.232 e. The van der Waals surface area contributed by atoms with E-state index in [9.17, 15) is 0 Å². The number of hydrogen-bond acceptors (Lipinski definition) is 5. The number of aliphatic imine (C=N–C) groups is 1. The number of halogens is 1. The van der Waals surface area contributed by atoms with Gasteiger partial charge in [-0.15, -0.1) is 35.7 Å². The van der Waals surface area contributed by atoms with E-state index in [-0.39, 0.29) is 29.4 Å². The van der Waals surface area contributed by atoms with Gasteiger partial charge in [-0.25, -0.2) is 0 Å². The van der Waals surface area contributed by atoms with Crippen LogP contribution in [0.1, 0.15) is 43.6 Å². The summed E-state index contributed by atoms with van der Waals surface area (Å²) in [5.74, 6) is 1.96. The average Bonchev–Trinajstić information content (AvgIpc) is 3.05. The lowest BCUT2D eigenvalue weighted by molar-refractivity contribution is 0.318. The molecule has 6 nitrogen and oxygen atoms in total. The van der Waals surface area contributed by atoms with E-state index in [2.05, 4.69) is 57.1 Å². The van der Waals surface area contributed by atoms with Gasteiger partial charge < -0.3 is 15.2 Å². The molecule has 0 atom stereocenters. The highest BCUT2D eigenvalue weighted by Gasteiger charge is 2.21. The molecule has 1 aromatic heterocycles. The van der Waals surface area contributed by atoms with E-state index in [1.54, 1.807) is 18.8 Å². The van der Waals surface area contributed by atoms with E-state index < -0.39 is 0 Å². The van der Waals surface area contributed by atoms with Gasteiger partial charge >= 0.3 is 0 Å². The Labute approximate surface area is 177 Å². The van der Waals surface area contributed by atoms with E-state index in [0.29, 0.717) is 30.8 Å². The largest absolute Gasteiger partial charge is 0.352 e. The van der Waals surface area contributed by atoms with E-state index in [4.69, 9.17) is 4.52 Å². The van der Waals surface area contributed by atoms with E-state index in [0.717, 1.165) is 0 Å². The van der Waals surface area contributed by atoms with E-state index in [1.165, 1.54) is 16.0 Å². The minimum absolute atomic E-state index is 0. The van der Waals surface area contributed by atoms with Crippen LogP contribution in [0.4, 0.5) is 0 Å². The molecule has 0 aliphatic heterocycles. The maximum atomic E-state index is 5.30. The first-order valence-electron chi connectivity index (χ1n) is 8.24. The molecule has 0 saturated heterocycles. The predicted molar refractivity (Wildman–Crippen MR) is 118 cm³/mol. The normalized spacial score (nSPS) is 11.8. The standard InChI is InChI=1S/C18H27N5OS.HI/c1-12-7-8-13(14(9-12)25-6)10-20-17(19-5)21-11-15-22-16(24-23-15)18(2,3)4;/h7-9H,10-11H2,1-6H3,(H2,19,20,21);1H. The molecular weight excluding hydrogens is 461 g/mol. The van der Waals surface area contributed by atoms with Crippen molar-refractivity contribution < 1.29 is 4.52 Å². The molecule has 2 N–H and O–H groups in total. The SMILES string of the molecule is CN=C(NCc1noc(C(C)(C)C)n1)NCc1ccc(C)cc1SC.I. The fourth-order valence-corrected chi connectivity index (χ4v) is 2.90. The Morgan fingerprint density at radius 1 is 1.23 bits per heavy atom. The third-order valence-corrected chi connectivity index (χ3v) is 4.46. The number of nitrogens with one attached hydrogen (secondary N) is 2. The average molecular weight is 489 g/mol. The summed E-state index contributed by atoms with van der Waals surface area (Å²) in [4.78, 5) is 9.94. The molecule has 8 heteroatoms. The van der Waals surface area contributed by atoms with Crippen LogP contribution in [0.25, 0.3) is 0 Å². The van der Waals surface area contributed by atoms with Gasteiger partial charge in [-0.1, -0.05) is 38.1 Å². The van der Waals surface area contributed by atoms with Crippen molar-refractivity contribution in [2.45, 2.75) is 51.1 Å². The topological polar surface area (TPSA) is 75.3 Å². The summed E-state index contributed by atoms with van der Waals surface area (Å²) in [6.07, 6.45) is 2.09. The van der Waals surface area contributed by atoms with Crippen LogP contribution in [0.2, 0.25) is 0 Å². The lowest BCUT2D eigenvalue weighted by atomic mass is 9.97. The number of hydrogen-bond donors (Lipinski definition) is 2. The van der Waals surface area contributed by atoms with Crippen molar-refractivity contribution in [2.24, 2.45) is 4.99 Å². The van der Waals surface area contributed by atoms with Crippen LogP contribution in [0.5, 0.6) is 0 Å². The summed E-state index contributed by atoms with van der Waals surface area (Å²) in [5, 5.41) is 10.6. The minimum atomic E-state index is -0.148. The summed E-state index contributed by atoms with van der Waals surface area (Å²) in [7, 11) is 1.75. The molecule has 2 aromatic rings. The highest BCUT2D eigenvalue weighted by Crippen LogP contribution is 2.21. The molecule has 0 aliphatic rings. The summed E-state index contributed by atoms with van der Waals surface area (Å²) in [6, 6.07) is 6.47. The van der Waals surface area contributed by atoms with E-state index in [1.807, 2.05) is 20.8 Å². The molecule has 2 rings (SSSR count). The quantitative estimate of drug-likeness (QED) is 0.288. The number of guanidine groups is 1. The first-order chi connectivity index (χ1) is 11.8. The lowest BCUT2D eigenvalue weighted by Gasteiger charge is -2.13. The van der Waals surface area contributed by atoms with Crippen molar-refractivity contribution in [1.29, 1.82) is 0 Å². The highest BCUT2D eigenvalue weighted by molar-refractivity contribution is 14.0. The van der Waals surface area contributed by atoms with Crippen LogP contribution < -0.4 is 10.6 Å². The minimum Gasteiger partial charge on any atom is -0.352 e. The summed E-state index contributed by atoms with van der Waals surface area (Å²) in [5.41, 5.74) is 2.36. The second-order valence-corrected chi connectivity index (χ2v) is 7.71. The second-order valence-electron chi connectivity index (χ2n) is 6.86. The van der Waals surface area contributed by atoms with Gasteiger partial charge in [0.2, 0.25) is 5.89 Å². The molecule has 0 bridgehead atoms. The van der Waals surface area contributed by atoms with Crippen molar-refractivity contribution in [3.8, 4) is 0 Å². The second kappa shape index (κ2) is 10.1. The molecule has 26 heavy (non-hydrogen) atoms. The Kier molecular flexibility index (Phi) is 8.88. The third-order valence-electron chi connectivity index (χ3n) is 3.64. The number of aryl methyl sites for hydroxylation is 1. The lowest BCUT2D eigenvalue weighted by Crippen LogP contribution is -2.36. The number of aromatic nitrogens is 2. The Morgan fingerprint density at radius 2 is 1.92 bits per heavy atom. The highest BCUT2D eigenvalue weighted by atomic mass is 127. The Morgan fingerprint density at radius 3 is 2.50 bits per heavy atom. The molecule has 0 unspecified atom stereocenters. The van der Waals surface area contributed by atoms with Crippen molar-refractivity contribution in [2.75, 3.05) is 13.3 Å². The predicted octanol–water partition coefficient (Wildman–Crippen LogP) is 3.88. The molecule has 0 amide bonds. The van der Waals surface area contributed by atoms with Crippen LogP contribution in [-0.2, 0) is 18.5 Å². The molecule has 0 aliphatic carbocycles.